The largest absolute Gasteiger partial charge is 0.373 e. The minimum absolute atomic E-state index is 0.221. The van der Waals surface area contributed by atoms with Gasteiger partial charge in [-0.05, 0) is 12.1 Å². The number of nitrogens with zero attached hydrogens (tertiary/aromatic N) is 2. The van der Waals surface area contributed by atoms with Gasteiger partial charge in [0.15, 0.2) is 0 Å². The Morgan fingerprint density at radius 1 is 1.44 bits per heavy atom. The van der Waals surface area contributed by atoms with Gasteiger partial charge in [0.1, 0.15) is 6.17 Å². The van der Waals surface area contributed by atoms with Crippen LogP contribution in [0.4, 0.5) is 10.1 Å². The third kappa shape index (κ3) is 1.67. The van der Waals surface area contributed by atoms with Crippen molar-refractivity contribution in [3.05, 3.63) is 24.5 Å². The van der Waals surface area contributed by atoms with Gasteiger partial charge < -0.3 is 9.64 Å². The summed E-state index contributed by atoms with van der Waals surface area (Å²) in [5.41, 5.74) is 0.813. The van der Waals surface area contributed by atoms with E-state index in [-0.39, 0.29) is 5.60 Å². The second-order valence-corrected chi connectivity index (χ2v) is 4.67. The molecule has 0 aliphatic carbocycles. The van der Waals surface area contributed by atoms with Gasteiger partial charge >= 0.3 is 0 Å². The first-order chi connectivity index (χ1) is 7.77. The monoisotopic (exact) mass is 222 g/mol. The van der Waals surface area contributed by atoms with Crippen LogP contribution in [0, 0.1) is 0 Å². The lowest BCUT2D eigenvalue weighted by Crippen LogP contribution is -2.59. The minimum atomic E-state index is -0.790. The summed E-state index contributed by atoms with van der Waals surface area (Å²) in [5, 5.41) is 0. The van der Waals surface area contributed by atoms with E-state index in [1.165, 1.54) is 0 Å². The van der Waals surface area contributed by atoms with Gasteiger partial charge in [-0.15, -0.1) is 0 Å². The number of anilines is 1. The molecule has 1 aromatic rings. The van der Waals surface area contributed by atoms with Gasteiger partial charge in [0, 0.05) is 44.0 Å². The molecule has 2 unspecified atom stereocenters. The zero-order valence-corrected chi connectivity index (χ0v) is 9.10. The molecule has 0 bridgehead atoms. The van der Waals surface area contributed by atoms with Crippen LogP contribution in [0.3, 0.4) is 0 Å². The molecule has 4 heteroatoms. The Morgan fingerprint density at radius 2 is 2.19 bits per heavy atom. The summed E-state index contributed by atoms with van der Waals surface area (Å²) in [6.45, 7) is 2.05. The number of rotatable bonds is 1. The molecular formula is C12H15FN2O. The summed E-state index contributed by atoms with van der Waals surface area (Å²) in [5.74, 6) is 0. The van der Waals surface area contributed by atoms with E-state index in [0.29, 0.717) is 13.0 Å². The standard InChI is InChI=1S/C12H15FN2O/c13-10-7-12(3-6-16-12)9-15(8-10)11-1-4-14-5-2-11/h1-2,4-5,10H,3,6-9H2. The van der Waals surface area contributed by atoms with E-state index in [1.807, 2.05) is 12.1 Å². The summed E-state index contributed by atoms with van der Waals surface area (Å²) in [6, 6.07) is 3.84. The molecule has 2 saturated heterocycles. The zero-order valence-electron chi connectivity index (χ0n) is 9.10. The van der Waals surface area contributed by atoms with Crippen molar-refractivity contribution in [2.24, 2.45) is 0 Å². The Labute approximate surface area is 94.2 Å². The Morgan fingerprint density at radius 3 is 2.81 bits per heavy atom. The van der Waals surface area contributed by atoms with Crippen LogP contribution < -0.4 is 4.90 Å². The third-order valence-electron chi connectivity index (χ3n) is 3.48. The summed E-state index contributed by atoms with van der Waals surface area (Å²) in [4.78, 5) is 6.04. The van der Waals surface area contributed by atoms with Crippen molar-refractivity contribution >= 4 is 5.69 Å². The van der Waals surface area contributed by atoms with Crippen molar-refractivity contribution in [1.82, 2.24) is 4.98 Å². The summed E-state index contributed by atoms with van der Waals surface area (Å²) in [7, 11) is 0. The summed E-state index contributed by atoms with van der Waals surface area (Å²) in [6.07, 6.45) is 4.22. The number of hydrogen-bond donors (Lipinski definition) is 0. The Kier molecular flexibility index (Phi) is 2.32. The zero-order chi connectivity index (χ0) is 11.0. The van der Waals surface area contributed by atoms with Crippen LogP contribution in [0.15, 0.2) is 24.5 Å². The van der Waals surface area contributed by atoms with Crippen molar-refractivity contribution in [2.75, 3.05) is 24.6 Å². The topological polar surface area (TPSA) is 25.4 Å². The van der Waals surface area contributed by atoms with E-state index < -0.39 is 6.17 Å². The molecule has 2 atom stereocenters. The quantitative estimate of drug-likeness (QED) is 0.724. The van der Waals surface area contributed by atoms with E-state index in [2.05, 4.69) is 9.88 Å². The Hall–Kier alpha value is -1.16. The van der Waals surface area contributed by atoms with Crippen LogP contribution in [-0.4, -0.2) is 36.5 Å². The van der Waals surface area contributed by atoms with Crippen LogP contribution in [0.1, 0.15) is 12.8 Å². The van der Waals surface area contributed by atoms with E-state index in [1.54, 1.807) is 12.4 Å². The van der Waals surface area contributed by atoms with E-state index in [9.17, 15) is 4.39 Å². The molecular weight excluding hydrogens is 207 g/mol. The average molecular weight is 222 g/mol. The maximum atomic E-state index is 13.7. The van der Waals surface area contributed by atoms with E-state index in [0.717, 1.165) is 25.3 Å². The van der Waals surface area contributed by atoms with Crippen molar-refractivity contribution in [3.63, 3.8) is 0 Å². The maximum Gasteiger partial charge on any atom is 0.120 e. The van der Waals surface area contributed by atoms with Crippen LogP contribution in [-0.2, 0) is 4.74 Å². The number of hydrogen-bond acceptors (Lipinski definition) is 3. The van der Waals surface area contributed by atoms with Gasteiger partial charge in [0.2, 0.25) is 0 Å². The molecule has 16 heavy (non-hydrogen) atoms. The molecule has 2 aliphatic rings. The van der Waals surface area contributed by atoms with Gasteiger partial charge in [-0.25, -0.2) is 4.39 Å². The van der Waals surface area contributed by atoms with E-state index >= 15 is 0 Å². The molecule has 1 aromatic heterocycles. The second-order valence-electron chi connectivity index (χ2n) is 4.67. The molecule has 3 rings (SSSR count). The van der Waals surface area contributed by atoms with Gasteiger partial charge in [0.05, 0.1) is 12.2 Å². The normalized spacial score (nSPS) is 33.8. The first-order valence-corrected chi connectivity index (χ1v) is 5.70. The predicted molar refractivity (Wildman–Crippen MR) is 59.3 cm³/mol. The molecule has 2 fully saturated rings. The molecule has 1 spiro atoms. The highest BCUT2D eigenvalue weighted by molar-refractivity contribution is 5.46. The lowest BCUT2D eigenvalue weighted by molar-refractivity contribution is -0.160. The molecule has 0 aromatic carbocycles. The van der Waals surface area contributed by atoms with Crippen LogP contribution in [0.5, 0.6) is 0 Å². The fraction of sp³-hybridized carbons (Fsp3) is 0.583. The van der Waals surface area contributed by atoms with Gasteiger partial charge in [-0.1, -0.05) is 0 Å². The summed E-state index contributed by atoms with van der Waals surface area (Å²) >= 11 is 0. The number of ether oxygens (including phenoxy) is 1. The van der Waals surface area contributed by atoms with Gasteiger partial charge in [-0.2, -0.15) is 0 Å². The van der Waals surface area contributed by atoms with Crippen LogP contribution in [0.25, 0.3) is 0 Å². The minimum Gasteiger partial charge on any atom is -0.373 e. The first-order valence-electron chi connectivity index (χ1n) is 5.70. The van der Waals surface area contributed by atoms with E-state index in [4.69, 9.17) is 4.74 Å². The Bertz CT molecular complexity index is 367. The highest BCUT2D eigenvalue weighted by Gasteiger charge is 2.45. The average Bonchev–Trinajstić information content (AvgIpc) is 2.27. The van der Waals surface area contributed by atoms with Crippen LogP contribution in [0.2, 0.25) is 0 Å². The fourth-order valence-corrected chi connectivity index (χ4v) is 2.61. The fourth-order valence-electron chi connectivity index (χ4n) is 2.61. The van der Waals surface area contributed by atoms with Crippen molar-refractivity contribution < 1.29 is 9.13 Å². The molecule has 0 amide bonds. The molecule has 0 N–H and O–H groups in total. The molecule has 86 valence electrons. The van der Waals surface area contributed by atoms with Gasteiger partial charge in [-0.3, -0.25) is 4.98 Å². The van der Waals surface area contributed by atoms with Crippen molar-refractivity contribution in [2.45, 2.75) is 24.6 Å². The SMILES string of the molecule is FC1CN(c2ccncc2)CC2(CCO2)C1. The molecule has 0 saturated carbocycles. The molecule has 0 radical (unpaired) electrons. The molecule has 3 heterocycles. The number of pyridine rings is 1. The number of halogens is 1. The van der Waals surface area contributed by atoms with Gasteiger partial charge in [0.25, 0.3) is 0 Å². The predicted octanol–water partition coefficient (Wildman–Crippen LogP) is 1.79. The maximum absolute atomic E-state index is 13.7. The van der Waals surface area contributed by atoms with Crippen LogP contribution >= 0.6 is 0 Å². The van der Waals surface area contributed by atoms with Crippen molar-refractivity contribution in [1.29, 1.82) is 0 Å². The smallest absolute Gasteiger partial charge is 0.120 e. The number of aromatic nitrogens is 1. The highest BCUT2D eigenvalue weighted by atomic mass is 19.1. The molecule has 2 aliphatic heterocycles. The Balaban J connectivity index is 1.80. The lowest BCUT2D eigenvalue weighted by Gasteiger charge is -2.50. The third-order valence-corrected chi connectivity index (χ3v) is 3.48. The second kappa shape index (κ2) is 3.70. The number of piperidine rings is 1. The lowest BCUT2D eigenvalue weighted by atomic mass is 9.85. The van der Waals surface area contributed by atoms with Crippen molar-refractivity contribution in [3.8, 4) is 0 Å². The number of alkyl halides is 1. The highest BCUT2D eigenvalue weighted by Crippen LogP contribution is 2.37. The molecule has 3 nitrogen and oxygen atoms in total. The summed E-state index contributed by atoms with van der Waals surface area (Å²) < 4.78 is 19.3. The first kappa shape index (κ1) is 10.0.